The van der Waals surface area contributed by atoms with Crippen molar-refractivity contribution in [1.82, 2.24) is 15.1 Å². The molecule has 208 valence electrons. The maximum absolute atomic E-state index is 12.0. The molecule has 0 aromatic heterocycles. The number of aliphatic imine (C=N–C) groups is 1. The number of carbonyl (C=O) groups is 3. The Bertz CT molecular complexity index is 1190. The van der Waals surface area contributed by atoms with Gasteiger partial charge in [-0.05, 0) is 68.5 Å². The molecule has 2 aromatic rings. The van der Waals surface area contributed by atoms with Crippen LogP contribution >= 0.6 is 23.2 Å². The second kappa shape index (κ2) is 16.4. The summed E-state index contributed by atoms with van der Waals surface area (Å²) < 4.78 is 0. The van der Waals surface area contributed by atoms with Gasteiger partial charge in [-0.2, -0.15) is 0 Å². The van der Waals surface area contributed by atoms with E-state index in [1.165, 1.54) is 6.07 Å². The smallest absolute Gasteiger partial charge is 0.258 e. The van der Waals surface area contributed by atoms with Crippen LogP contribution in [0.15, 0.2) is 47.5 Å². The Morgan fingerprint density at radius 3 is 2.33 bits per heavy atom. The predicted octanol–water partition coefficient (Wildman–Crippen LogP) is 4.94. The Labute approximate surface area is 240 Å². The van der Waals surface area contributed by atoms with Crippen molar-refractivity contribution >= 4 is 52.6 Å². The van der Waals surface area contributed by atoms with Gasteiger partial charge in [0.2, 0.25) is 17.8 Å². The van der Waals surface area contributed by atoms with Crippen LogP contribution in [0.25, 0.3) is 0 Å². The third-order valence-corrected chi connectivity index (χ3v) is 6.87. The monoisotopic (exact) mass is 571 g/mol. The van der Waals surface area contributed by atoms with E-state index in [0.717, 1.165) is 57.3 Å². The van der Waals surface area contributed by atoms with E-state index in [9.17, 15) is 14.4 Å². The van der Waals surface area contributed by atoms with Crippen molar-refractivity contribution in [2.75, 3.05) is 26.2 Å². The molecule has 4 rings (SSSR count). The molecular formula is C29H35Cl2N5O3. The lowest BCUT2D eigenvalue weighted by atomic mass is 10.2. The summed E-state index contributed by atoms with van der Waals surface area (Å²) in [6.07, 6.45) is 14.0. The number of rotatable bonds is 4. The Kier molecular flexibility index (Phi) is 13.3. The molecular weight excluding hydrogens is 537 g/mol. The molecule has 0 bridgehead atoms. The van der Waals surface area contributed by atoms with Crippen LogP contribution in [-0.4, -0.2) is 59.7 Å². The van der Waals surface area contributed by atoms with Gasteiger partial charge in [-0.15, -0.1) is 12.8 Å². The van der Waals surface area contributed by atoms with Gasteiger partial charge in [0.1, 0.15) is 0 Å². The van der Waals surface area contributed by atoms with Gasteiger partial charge in [0.05, 0.1) is 22.3 Å². The highest BCUT2D eigenvalue weighted by molar-refractivity contribution is 6.42. The van der Waals surface area contributed by atoms with Crippen molar-refractivity contribution in [2.45, 2.75) is 45.4 Å². The molecule has 0 aliphatic carbocycles. The molecule has 3 amide bonds. The van der Waals surface area contributed by atoms with Crippen LogP contribution in [0.3, 0.4) is 0 Å². The van der Waals surface area contributed by atoms with Crippen molar-refractivity contribution in [3.63, 3.8) is 0 Å². The number of hydrogen-bond donors (Lipinski definition) is 2. The first kappa shape index (κ1) is 31.7. The van der Waals surface area contributed by atoms with Gasteiger partial charge >= 0.3 is 0 Å². The van der Waals surface area contributed by atoms with E-state index < -0.39 is 5.91 Å². The maximum atomic E-state index is 12.0. The topological polar surface area (TPSA) is 108 Å². The number of amides is 3. The number of benzene rings is 2. The predicted molar refractivity (Wildman–Crippen MR) is 157 cm³/mol. The number of likely N-dealkylation sites (tertiary alicyclic amines) is 2. The van der Waals surface area contributed by atoms with Crippen LogP contribution in [0.4, 0.5) is 5.69 Å². The second-order valence-electron chi connectivity index (χ2n) is 9.13. The summed E-state index contributed by atoms with van der Waals surface area (Å²) in [5, 5.41) is 3.19. The number of nitrogens with two attached hydrogens (primary N) is 1. The first-order chi connectivity index (χ1) is 18.7. The number of terminal acetylenes is 1. The number of nitrogens with one attached hydrogen (secondary N) is 1. The first-order valence-electron chi connectivity index (χ1n) is 12.8. The standard InChI is InChI=1S/C15H13Cl2N3O.C12H20N2O2.C2H2/c1-9-3-2-4-11(7-9)19-15(18)20-14(21)10-5-6-12(16)13(17)8-10;15-11-6-2-1-3-9-14(11)10-12(16)13-7-4-5-8-13;1-2/h2-8H,1H3,(H3,18,19,20,21);1-10H2;1-2H. The number of carbonyl (C=O) groups excluding carboxylic acids is 3. The minimum Gasteiger partial charge on any atom is -0.369 e. The van der Waals surface area contributed by atoms with Crippen LogP contribution in [-0.2, 0) is 9.59 Å². The molecule has 8 nitrogen and oxygen atoms in total. The van der Waals surface area contributed by atoms with E-state index in [-0.39, 0.29) is 17.8 Å². The summed E-state index contributed by atoms with van der Waals surface area (Å²) in [6, 6.07) is 12.0. The lowest BCUT2D eigenvalue weighted by Gasteiger charge is -2.23. The summed E-state index contributed by atoms with van der Waals surface area (Å²) in [6.45, 7) is 4.77. The summed E-state index contributed by atoms with van der Waals surface area (Å²) in [7, 11) is 0. The number of halogens is 2. The molecule has 0 atom stereocenters. The van der Waals surface area contributed by atoms with E-state index >= 15 is 0 Å². The fourth-order valence-electron chi connectivity index (χ4n) is 4.13. The van der Waals surface area contributed by atoms with E-state index in [0.29, 0.717) is 34.3 Å². The van der Waals surface area contributed by atoms with Crippen molar-refractivity contribution in [2.24, 2.45) is 10.7 Å². The number of guanidine groups is 1. The largest absolute Gasteiger partial charge is 0.369 e. The van der Waals surface area contributed by atoms with E-state index in [4.69, 9.17) is 28.9 Å². The van der Waals surface area contributed by atoms with Gasteiger partial charge in [0.25, 0.3) is 5.91 Å². The highest BCUT2D eigenvalue weighted by Crippen LogP contribution is 2.22. The zero-order valence-corrected chi connectivity index (χ0v) is 23.7. The van der Waals surface area contributed by atoms with Gasteiger partial charge in [0, 0.05) is 31.6 Å². The maximum Gasteiger partial charge on any atom is 0.258 e. The number of nitrogens with zero attached hydrogens (tertiary/aromatic N) is 3. The summed E-state index contributed by atoms with van der Waals surface area (Å²) in [5.41, 5.74) is 7.80. The lowest BCUT2D eigenvalue weighted by molar-refractivity contribution is -0.139. The minimum atomic E-state index is -0.400. The third kappa shape index (κ3) is 10.6. The fourth-order valence-corrected chi connectivity index (χ4v) is 4.42. The summed E-state index contributed by atoms with van der Waals surface area (Å²) in [5.74, 6) is -0.100. The quantitative estimate of drug-likeness (QED) is 0.308. The van der Waals surface area contributed by atoms with Gasteiger partial charge in [-0.1, -0.05) is 41.8 Å². The van der Waals surface area contributed by atoms with Gasteiger partial charge in [-0.25, -0.2) is 4.99 Å². The molecule has 2 aliphatic rings. The fraction of sp³-hybridized carbons (Fsp3) is 0.379. The Hall–Kier alpha value is -3.54. The highest BCUT2D eigenvalue weighted by atomic mass is 35.5. The van der Waals surface area contributed by atoms with Crippen LogP contribution < -0.4 is 11.1 Å². The van der Waals surface area contributed by atoms with E-state index in [1.54, 1.807) is 23.1 Å². The van der Waals surface area contributed by atoms with Crippen molar-refractivity contribution < 1.29 is 14.4 Å². The van der Waals surface area contributed by atoms with Crippen molar-refractivity contribution in [1.29, 1.82) is 0 Å². The SMILES string of the molecule is C#C.Cc1cccc(N=C(N)NC(=O)c2ccc(Cl)c(Cl)c2)c1.O=C(CN1CCCCCC1=O)N1CCCC1. The third-order valence-electron chi connectivity index (χ3n) is 6.13. The molecule has 2 saturated heterocycles. The molecule has 2 aromatic carbocycles. The Balaban J connectivity index is 0.000000265. The summed E-state index contributed by atoms with van der Waals surface area (Å²) >= 11 is 11.7. The number of hydrogen-bond acceptors (Lipinski definition) is 4. The van der Waals surface area contributed by atoms with E-state index in [1.807, 2.05) is 30.0 Å². The average Bonchev–Trinajstić information content (AvgIpc) is 3.38. The molecule has 0 radical (unpaired) electrons. The molecule has 2 aliphatic heterocycles. The molecule has 0 spiro atoms. The molecule has 0 saturated carbocycles. The zero-order valence-electron chi connectivity index (χ0n) is 22.2. The lowest BCUT2D eigenvalue weighted by Crippen LogP contribution is -2.41. The highest BCUT2D eigenvalue weighted by Gasteiger charge is 2.23. The second-order valence-corrected chi connectivity index (χ2v) is 9.95. The normalized spacial score (nSPS) is 15.3. The Morgan fingerprint density at radius 1 is 0.974 bits per heavy atom. The Morgan fingerprint density at radius 2 is 1.67 bits per heavy atom. The van der Waals surface area contributed by atoms with Gasteiger partial charge in [0.15, 0.2) is 0 Å². The zero-order chi connectivity index (χ0) is 28.8. The van der Waals surface area contributed by atoms with Gasteiger partial charge in [-0.3, -0.25) is 19.7 Å². The molecule has 10 heteroatoms. The van der Waals surface area contributed by atoms with Crippen LogP contribution in [0.5, 0.6) is 0 Å². The van der Waals surface area contributed by atoms with Crippen molar-refractivity contribution in [3.05, 3.63) is 63.6 Å². The van der Waals surface area contributed by atoms with Crippen LogP contribution in [0.1, 0.15) is 54.4 Å². The molecule has 39 heavy (non-hydrogen) atoms. The minimum absolute atomic E-state index is 0.0108. The molecule has 2 fully saturated rings. The summed E-state index contributed by atoms with van der Waals surface area (Å²) in [4.78, 5) is 43.4. The average molecular weight is 573 g/mol. The van der Waals surface area contributed by atoms with Crippen LogP contribution in [0, 0.1) is 19.8 Å². The van der Waals surface area contributed by atoms with Crippen LogP contribution in [0.2, 0.25) is 10.0 Å². The molecule has 2 heterocycles. The van der Waals surface area contributed by atoms with Crippen molar-refractivity contribution in [3.8, 4) is 12.8 Å². The molecule has 3 N–H and O–H groups in total. The molecule has 0 unspecified atom stereocenters. The van der Waals surface area contributed by atoms with E-state index in [2.05, 4.69) is 23.2 Å². The first-order valence-corrected chi connectivity index (χ1v) is 13.5. The van der Waals surface area contributed by atoms with Gasteiger partial charge < -0.3 is 15.5 Å². The number of aryl methyl sites for hydroxylation is 1.